The summed E-state index contributed by atoms with van der Waals surface area (Å²) < 4.78 is 13.0. The van der Waals surface area contributed by atoms with Crippen LogP contribution in [0.5, 0.6) is 0 Å². The Morgan fingerprint density at radius 3 is 2.24 bits per heavy atom. The Morgan fingerprint density at radius 2 is 1.56 bits per heavy atom. The first kappa shape index (κ1) is 31.2. The SMILES string of the molecule is CC(=O)NCCCCCC(=O)Nc1ccc([C@@H]2O[C@H](CN3CCCCCCC3)C[C@H](c3ccc(CO)cc3)O2)cc1. The van der Waals surface area contributed by atoms with Gasteiger partial charge in [0, 0.05) is 44.1 Å². The van der Waals surface area contributed by atoms with Gasteiger partial charge in [0.1, 0.15) is 0 Å². The second-order valence-electron chi connectivity index (χ2n) is 11.4. The Labute approximate surface area is 244 Å². The quantitative estimate of drug-likeness (QED) is 0.289. The third kappa shape index (κ3) is 10.5. The molecule has 2 amide bonds. The van der Waals surface area contributed by atoms with Crippen LogP contribution in [0.4, 0.5) is 5.69 Å². The van der Waals surface area contributed by atoms with Gasteiger partial charge in [0.05, 0.1) is 18.8 Å². The maximum absolute atomic E-state index is 12.4. The van der Waals surface area contributed by atoms with Gasteiger partial charge in [-0.05, 0) is 62.0 Å². The summed E-state index contributed by atoms with van der Waals surface area (Å²) in [5.74, 6) is -0.0344. The van der Waals surface area contributed by atoms with Crippen LogP contribution in [0.2, 0.25) is 0 Å². The fraction of sp³-hybridized carbons (Fsp3) is 0.576. The van der Waals surface area contributed by atoms with E-state index in [9.17, 15) is 14.7 Å². The Kier molecular flexibility index (Phi) is 12.6. The highest BCUT2D eigenvalue weighted by atomic mass is 16.7. The highest BCUT2D eigenvalue weighted by molar-refractivity contribution is 5.90. The predicted octanol–water partition coefficient (Wildman–Crippen LogP) is 5.63. The lowest BCUT2D eigenvalue weighted by molar-refractivity contribution is -0.253. The van der Waals surface area contributed by atoms with Crippen LogP contribution < -0.4 is 10.6 Å². The number of carbonyl (C=O) groups is 2. The zero-order valence-electron chi connectivity index (χ0n) is 24.5. The minimum Gasteiger partial charge on any atom is -0.392 e. The molecular weight excluding hydrogens is 518 g/mol. The molecule has 8 nitrogen and oxygen atoms in total. The van der Waals surface area contributed by atoms with Crippen LogP contribution >= 0.6 is 0 Å². The van der Waals surface area contributed by atoms with Crippen molar-refractivity contribution in [2.45, 2.75) is 96.2 Å². The Balaban J connectivity index is 1.36. The van der Waals surface area contributed by atoms with Crippen molar-refractivity contribution >= 4 is 17.5 Å². The van der Waals surface area contributed by atoms with E-state index in [4.69, 9.17) is 9.47 Å². The molecule has 224 valence electrons. The number of aliphatic hydroxyl groups is 1. The third-order valence-corrected chi connectivity index (χ3v) is 7.95. The number of ether oxygens (including phenoxy) is 2. The van der Waals surface area contributed by atoms with E-state index in [1.165, 1.54) is 39.0 Å². The second kappa shape index (κ2) is 16.6. The van der Waals surface area contributed by atoms with Gasteiger partial charge in [0.25, 0.3) is 0 Å². The highest BCUT2D eigenvalue weighted by Crippen LogP contribution is 2.38. The summed E-state index contributed by atoms with van der Waals surface area (Å²) >= 11 is 0. The molecule has 0 radical (unpaired) electrons. The Hall–Kier alpha value is -2.78. The number of amides is 2. The average molecular weight is 566 g/mol. The molecule has 41 heavy (non-hydrogen) atoms. The van der Waals surface area contributed by atoms with E-state index in [-0.39, 0.29) is 30.6 Å². The monoisotopic (exact) mass is 565 g/mol. The molecule has 2 saturated heterocycles. The number of rotatable bonds is 12. The van der Waals surface area contributed by atoms with Crippen molar-refractivity contribution in [2.24, 2.45) is 0 Å². The normalized spacial score (nSPS) is 22.0. The largest absolute Gasteiger partial charge is 0.392 e. The molecule has 2 aromatic rings. The van der Waals surface area contributed by atoms with Crippen LogP contribution in [0.1, 0.15) is 100 Å². The number of nitrogens with one attached hydrogen (secondary N) is 2. The van der Waals surface area contributed by atoms with E-state index in [2.05, 4.69) is 15.5 Å². The van der Waals surface area contributed by atoms with Crippen molar-refractivity contribution in [3.05, 3.63) is 65.2 Å². The van der Waals surface area contributed by atoms with Crippen molar-refractivity contribution in [2.75, 3.05) is 31.5 Å². The second-order valence-corrected chi connectivity index (χ2v) is 11.4. The fourth-order valence-corrected chi connectivity index (χ4v) is 5.62. The number of carbonyl (C=O) groups excluding carboxylic acids is 2. The van der Waals surface area contributed by atoms with Crippen LogP contribution in [-0.2, 0) is 25.7 Å². The van der Waals surface area contributed by atoms with Crippen molar-refractivity contribution in [1.29, 1.82) is 0 Å². The Morgan fingerprint density at radius 1 is 0.878 bits per heavy atom. The summed E-state index contributed by atoms with van der Waals surface area (Å²) in [4.78, 5) is 25.9. The molecule has 0 aromatic heterocycles. The Bertz CT molecular complexity index is 1070. The number of hydrogen-bond donors (Lipinski definition) is 3. The van der Waals surface area contributed by atoms with E-state index in [1.54, 1.807) is 0 Å². The van der Waals surface area contributed by atoms with Gasteiger partial charge in [-0.3, -0.25) is 9.59 Å². The van der Waals surface area contributed by atoms with Crippen LogP contribution in [0, 0.1) is 0 Å². The number of hydrogen-bond acceptors (Lipinski definition) is 6. The van der Waals surface area contributed by atoms with Crippen LogP contribution in [0.15, 0.2) is 48.5 Å². The predicted molar refractivity (Wildman–Crippen MR) is 160 cm³/mol. The smallest absolute Gasteiger partial charge is 0.224 e. The van der Waals surface area contributed by atoms with Crippen molar-refractivity contribution < 1.29 is 24.2 Å². The zero-order valence-corrected chi connectivity index (χ0v) is 24.5. The number of likely N-dealkylation sites (tertiary alicyclic amines) is 1. The van der Waals surface area contributed by atoms with Gasteiger partial charge < -0.3 is 30.1 Å². The summed E-state index contributed by atoms with van der Waals surface area (Å²) in [6.07, 6.45) is 9.64. The number of unbranched alkanes of at least 4 members (excludes halogenated alkanes) is 2. The molecule has 0 aliphatic carbocycles. The molecule has 2 heterocycles. The first-order valence-electron chi connectivity index (χ1n) is 15.4. The number of anilines is 1. The first-order valence-corrected chi connectivity index (χ1v) is 15.4. The molecule has 4 rings (SSSR count). The lowest BCUT2D eigenvalue weighted by Crippen LogP contribution is -2.40. The van der Waals surface area contributed by atoms with Gasteiger partial charge in [-0.2, -0.15) is 0 Å². The van der Waals surface area contributed by atoms with Crippen LogP contribution in [-0.4, -0.2) is 54.1 Å². The maximum atomic E-state index is 12.4. The molecule has 2 aliphatic rings. The van der Waals surface area contributed by atoms with E-state index in [1.807, 2.05) is 48.5 Å². The van der Waals surface area contributed by atoms with Gasteiger partial charge in [-0.15, -0.1) is 0 Å². The minimum absolute atomic E-state index is 0.0119. The zero-order chi connectivity index (χ0) is 28.9. The average Bonchev–Trinajstić information content (AvgIpc) is 2.96. The summed E-state index contributed by atoms with van der Waals surface area (Å²) in [6, 6.07) is 15.8. The van der Waals surface area contributed by atoms with Gasteiger partial charge in [0.15, 0.2) is 6.29 Å². The molecule has 8 heteroatoms. The highest BCUT2D eigenvalue weighted by Gasteiger charge is 2.33. The van der Waals surface area contributed by atoms with E-state index in [0.717, 1.165) is 67.7 Å². The molecule has 2 aliphatic heterocycles. The van der Waals surface area contributed by atoms with Crippen LogP contribution in [0.25, 0.3) is 0 Å². The summed E-state index contributed by atoms with van der Waals surface area (Å²) in [5.41, 5.74) is 3.66. The number of benzene rings is 2. The van der Waals surface area contributed by atoms with E-state index in [0.29, 0.717) is 13.0 Å². The molecule has 2 aromatic carbocycles. The van der Waals surface area contributed by atoms with Crippen molar-refractivity contribution in [3.63, 3.8) is 0 Å². The van der Waals surface area contributed by atoms with Crippen LogP contribution in [0.3, 0.4) is 0 Å². The summed E-state index contributed by atoms with van der Waals surface area (Å²) in [6.45, 7) is 5.31. The molecule has 2 fully saturated rings. The molecular formula is C33H47N3O5. The molecule has 0 unspecified atom stereocenters. The topological polar surface area (TPSA) is 100 Å². The maximum Gasteiger partial charge on any atom is 0.224 e. The van der Waals surface area contributed by atoms with E-state index < -0.39 is 6.29 Å². The first-order chi connectivity index (χ1) is 20.0. The van der Waals surface area contributed by atoms with Crippen molar-refractivity contribution in [3.8, 4) is 0 Å². The fourth-order valence-electron chi connectivity index (χ4n) is 5.62. The van der Waals surface area contributed by atoms with Crippen molar-refractivity contribution in [1.82, 2.24) is 10.2 Å². The summed E-state index contributed by atoms with van der Waals surface area (Å²) in [7, 11) is 0. The lowest BCUT2D eigenvalue weighted by Gasteiger charge is -2.38. The molecule has 3 N–H and O–H groups in total. The molecule has 0 bridgehead atoms. The molecule has 0 saturated carbocycles. The standard InChI is InChI=1S/C33H47N3O5/c1-25(38)34-19-7-5-6-10-32(39)35-29-17-15-28(16-18-29)33-40-30(23-36-20-8-3-2-4-9-21-36)22-31(41-33)27-13-11-26(24-37)12-14-27/h11-18,30-31,33,37H,2-10,19-24H2,1H3,(H,34,38)(H,35,39)/t30-,31+,33+/m0/s1. The number of nitrogens with zero attached hydrogens (tertiary/aromatic N) is 1. The van der Waals surface area contributed by atoms with Gasteiger partial charge in [-0.25, -0.2) is 0 Å². The van der Waals surface area contributed by atoms with Gasteiger partial charge >= 0.3 is 0 Å². The minimum atomic E-state index is -0.501. The van der Waals surface area contributed by atoms with Gasteiger partial charge in [-0.1, -0.05) is 62.1 Å². The van der Waals surface area contributed by atoms with E-state index >= 15 is 0 Å². The van der Waals surface area contributed by atoms with Gasteiger partial charge in [0.2, 0.25) is 11.8 Å². The summed E-state index contributed by atoms with van der Waals surface area (Å²) in [5, 5.41) is 15.2. The lowest BCUT2D eigenvalue weighted by atomic mass is 9.99. The third-order valence-electron chi connectivity index (χ3n) is 7.95. The molecule has 3 atom stereocenters. The number of aliphatic hydroxyl groups excluding tert-OH is 1. The molecule has 0 spiro atoms.